The molecule has 3 rings (SSSR count). The van der Waals surface area contributed by atoms with E-state index in [1.807, 2.05) is 18.2 Å². The Hall–Kier alpha value is -1.91. The average Bonchev–Trinajstić information content (AvgIpc) is 3.31. The first-order chi connectivity index (χ1) is 10.7. The van der Waals surface area contributed by atoms with Crippen molar-refractivity contribution in [1.29, 1.82) is 0 Å². The maximum atomic E-state index is 6.04. The molecule has 0 aliphatic heterocycles. The van der Waals surface area contributed by atoms with Crippen LogP contribution in [0.4, 0.5) is 5.69 Å². The minimum absolute atomic E-state index is 0.448. The van der Waals surface area contributed by atoms with E-state index in [1.54, 1.807) is 14.2 Å². The summed E-state index contributed by atoms with van der Waals surface area (Å²) in [6.07, 6.45) is 6.71. The van der Waals surface area contributed by atoms with Gasteiger partial charge in [-0.15, -0.1) is 0 Å². The number of anilines is 1. The number of nitrogens with one attached hydrogen (secondary N) is 1. The standard InChI is InChI=1S/C17H25N3O2/c1-21-14-7-6-13(10-15(14)22-2)20-16(18)19-11-17(8-3-9-17)12-4-5-12/h6-7,10,12H,3-5,8-9,11H2,1-2H3,(H3,18,19,20). The van der Waals surface area contributed by atoms with Gasteiger partial charge in [0.1, 0.15) is 0 Å². The van der Waals surface area contributed by atoms with Crippen molar-refractivity contribution < 1.29 is 9.47 Å². The fourth-order valence-corrected chi connectivity index (χ4v) is 3.37. The first kappa shape index (κ1) is 15.0. The fourth-order valence-electron chi connectivity index (χ4n) is 3.37. The van der Waals surface area contributed by atoms with Crippen molar-refractivity contribution in [3.05, 3.63) is 18.2 Å². The van der Waals surface area contributed by atoms with Crippen LogP contribution in [0.3, 0.4) is 0 Å². The van der Waals surface area contributed by atoms with Crippen LogP contribution in [0.15, 0.2) is 23.2 Å². The van der Waals surface area contributed by atoms with E-state index in [1.165, 1.54) is 32.1 Å². The highest BCUT2D eigenvalue weighted by Gasteiger charge is 2.48. The van der Waals surface area contributed by atoms with Gasteiger partial charge in [-0.2, -0.15) is 0 Å². The Kier molecular flexibility index (Phi) is 4.14. The number of aliphatic imine (C=N–C) groups is 1. The Labute approximate surface area is 131 Å². The van der Waals surface area contributed by atoms with E-state index in [2.05, 4.69) is 10.3 Å². The van der Waals surface area contributed by atoms with Crippen molar-refractivity contribution >= 4 is 11.6 Å². The van der Waals surface area contributed by atoms with Crippen LogP contribution in [-0.4, -0.2) is 26.7 Å². The zero-order chi connectivity index (χ0) is 15.6. The lowest BCUT2D eigenvalue weighted by molar-refractivity contribution is 0.113. The van der Waals surface area contributed by atoms with Crippen molar-refractivity contribution in [3.63, 3.8) is 0 Å². The number of methoxy groups -OCH3 is 2. The highest BCUT2D eigenvalue weighted by Crippen LogP contribution is 2.57. The smallest absolute Gasteiger partial charge is 0.193 e. The first-order valence-electron chi connectivity index (χ1n) is 7.96. The summed E-state index contributed by atoms with van der Waals surface area (Å²) in [4.78, 5) is 4.58. The highest BCUT2D eigenvalue weighted by atomic mass is 16.5. The normalized spacial score (nSPS) is 20.2. The largest absolute Gasteiger partial charge is 0.493 e. The van der Waals surface area contributed by atoms with Gasteiger partial charge in [-0.05, 0) is 49.1 Å². The molecule has 0 atom stereocenters. The van der Waals surface area contributed by atoms with Gasteiger partial charge in [0.15, 0.2) is 17.5 Å². The molecule has 1 aromatic rings. The van der Waals surface area contributed by atoms with Crippen LogP contribution < -0.4 is 20.5 Å². The molecule has 1 aromatic carbocycles. The van der Waals surface area contributed by atoms with Gasteiger partial charge in [0, 0.05) is 18.3 Å². The van der Waals surface area contributed by atoms with Crippen LogP contribution in [0, 0.1) is 11.3 Å². The van der Waals surface area contributed by atoms with Gasteiger partial charge >= 0.3 is 0 Å². The highest BCUT2D eigenvalue weighted by molar-refractivity contribution is 5.92. The van der Waals surface area contributed by atoms with Crippen LogP contribution in [-0.2, 0) is 0 Å². The number of nitrogens with two attached hydrogens (primary N) is 1. The van der Waals surface area contributed by atoms with E-state index >= 15 is 0 Å². The SMILES string of the molecule is COc1ccc(NC(N)=NCC2(C3CC3)CCC2)cc1OC. The molecule has 2 aliphatic rings. The number of hydrogen-bond donors (Lipinski definition) is 2. The Morgan fingerprint density at radius 2 is 2.00 bits per heavy atom. The lowest BCUT2D eigenvalue weighted by atomic mass is 9.65. The Morgan fingerprint density at radius 1 is 1.27 bits per heavy atom. The molecule has 0 spiro atoms. The Morgan fingerprint density at radius 3 is 2.55 bits per heavy atom. The summed E-state index contributed by atoms with van der Waals surface area (Å²) in [7, 11) is 3.24. The van der Waals surface area contributed by atoms with Gasteiger partial charge in [0.25, 0.3) is 0 Å². The van der Waals surface area contributed by atoms with Gasteiger partial charge in [0.05, 0.1) is 14.2 Å². The topological polar surface area (TPSA) is 68.9 Å². The molecule has 2 fully saturated rings. The molecule has 120 valence electrons. The Bertz CT molecular complexity index is 563. The van der Waals surface area contributed by atoms with Crippen molar-refractivity contribution in [2.45, 2.75) is 32.1 Å². The van der Waals surface area contributed by atoms with Crippen molar-refractivity contribution in [3.8, 4) is 11.5 Å². The molecular formula is C17H25N3O2. The molecule has 0 bridgehead atoms. The third kappa shape index (κ3) is 2.98. The molecule has 0 heterocycles. The van der Waals surface area contributed by atoms with E-state index in [0.717, 1.165) is 18.2 Å². The second kappa shape index (κ2) is 6.07. The molecule has 0 amide bonds. The van der Waals surface area contributed by atoms with E-state index in [4.69, 9.17) is 15.2 Å². The number of nitrogens with zero attached hydrogens (tertiary/aromatic N) is 1. The fraction of sp³-hybridized carbons (Fsp3) is 0.588. The van der Waals surface area contributed by atoms with Crippen LogP contribution in [0.1, 0.15) is 32.1 Å². The molecule has 5 heteroatoms. The number of ether oxygens (including phenoxy) is 2. The molecule has 22 heavy (non-hydrogen) atoms. The van der Waals surface area contributed by atoms with Crippen molar-refractivity contribution in [2.24, 2.45) is 22.1 Å². The Balaban J connectivity index is 1.63. The molecule has 0 aromatic heterocycles. The van der Waals surface area contributed by atoms with Crippen LogP contribution >= 0.6 is 0 Å². The molecule has 0 radical (unpaired) electrons. The van der Waals surface area contributed by atoms with E-state index in [0.29, 0.717) is 22.9 Å². The lowest BCUT2D eigenvalue weighted by Gasteiger charge is -2.41. The third-order valence-corrected chi connectivity index (χ3v) is 5.01. The first-order valence-corrected chi connectivity index (χ1v) is 7.96. The average molecular weight is 303 g/mol. The van der Waals surface area contributed by atoms with Gasteiger partial charge in [-0.1, -0.05) is 6.42 Å². The zero-order valence-corrected chi connectivity index (χ0v) is 13.4. The molecule has 0 saturated heterocycles. The van der Waals surface area contributed by atoms with E-state index in [9.17, 15) is 0 Å². The number of hydrogen-bond acceptors (Lipinski definition) is 3. The summed E-state index contributed by atoms with van der Waals surface area (Å²) < 4.78 is 10.5. The summed E-state index contributed by atoms with van der Waals surface area (Å²) in [6.45, 7) is 0.851. The monoisotopic (exact) mass is 303 g/mol. The quantitative estimate of drug-likeness (QED) is 0.626. The summed E-state index contributed by atoms with van der Waals surface area (Å²) in [5, 5.41) is 3.14. The van der Waals surface area contributed by atoms with Gasteiger partial charge in [-0.25, -0.2) is 0 Å². The number of guanidine groups is 1. The number of rotatable bonds is 6. The molecule has 3 N–H and O–H groups in total. The molecule has 0 unspecified atom stereocenters. The van der Waals surface area contributed by atoms with Crippen molar-refractivity contribution in [2.75, 3.05) is 26.1 Å². The second-order valence-electron chi connectivity index (χ2n) is 6.39. The van der Waals surface area contributed by atoms with E-state index in [-0.39, 0.29) is 0 Å². The molecule has 2 aliphatic carbocycles. The predicted molar refractivity (Wildman–Crippen MR) is 88.7 cm³/mol. The third-order valence-electron chi connectivity index (χ3n) is 5.01. The number of benzene rings is 1. The maximum Gasteiger partial charge on any atom is 0.193 e. The molecular weight excluding hydrogens is 278 g/mol. The van der Waals surface area contributed by atoms with Crippen LogP contribution in [0.2, 0.25) is 0 Å². The summed E-state index contributed by atoms with van der Waals surface area (Å²) in [5.41, 5.74) is 7.34. The summed E-state index contributed by atoms with van der Waals surface area (Å²) >= 11 is 0. The molecule has 2 saturated carbocycles. The van der Waals surface area contributed by atoms with Crippen LogP contribution in [0.5, 0.6) is 11.5 Å². The molecule has 5 nitrogen and oxygen atoms in total. The van der Waals surface area contributed by atoms with Crippen molar-refractivity contribution in [1.82, 2.24) is 0 Å². The second-order valence-corrected chi connectivity index (χ2v) is 6.39. The summed E-state index contributed by atoms with van der Waals surface area (Å²) in [5.74, 6) is 2.73. The van der Waals surface area contributed by atoms with E-state index < -0.39 is 0 Å². The minimum atomic E-state index is 0.448. The van der Waals surface area contributed by atoms with Gasteiger partial charge in [-0.3, -0.25) is 4.99 Å². The maximum absolute atomic E-state index is 6.04. The van der Waals surface area contributed by atoms with Gasteiger partial charge < -0.3 is 20.5 Å². The zero-order valence-electron chi connectivity index (χ0n) is 13.4. The lowest BCUT2D eigenvalue weighted by Crippen LogP contribution is -2.36. The van der Waals surface area contributed by atoms with Gasteiger partial charge in [0.2, 0.25) is 0 Å². The minimum Gasteiger partial charge on any atom is -0.493 e. The summed E-state index contributed by atoms with van der Waals surface area (Å²) in [6, 6.07) is 5.62. The van der Waals surface area contributed by atoms with Crippen LogP contribution in [0.25, 0.3) is 0 Å². The predicted octanol–water partition coefficient (Wildman–Crippen LogP) is 3.01.